The van der Waals surface area contributed by atoms with Crippen molar-refractivity contribution in [2.75, 3.05) is 46.7 Å². The number of ether oxygens (including phenoxy) is 3. The number of hydrogen-bond acceptors (Lipinski definition) is 4. The molecule has 0 spiro atoms. The van der Waals surface area contributed by atoms with Crippen LogP contribution >= 0.6 is 0 Å². The third-order valence-electron chi connectivity index (χ3n) is 3.44. The summed E-state index contributed by atoms with van der Waals surface area (Å²) in [5.74, 6) is 0. The zero-order valence-corrected chi connectivity index (χ0v) is 13.5. The summed E-state index contributed by atoms with van der Waals surface area (Å²) in [6, 6.07) is 0.543. The van der Waals surface area contributed by atoms with Crippen LogP contribution in [0, 0.1) is 5.41 Å². The molecule has 0 bridgehead atoms. The molecule has 0 aliphatic rings. The van der Waals surface area contributed by atoms with Gasteiger partial charge in [-0.3, -0.25) is 0 Å². The van der Waals surface area contributed by atoms with Gasteiger partial charge in [-0.15, -0.1) is 0 Å². The monoisotopic (exact) mass is 275 g/mol. The normalized spacial score (nSPS) is 14.8. The maximum absolute atomic E-state index is 5.62. The molecular weight excluding hydrogens is 242 g/mol. The van der Waals surface area contributed by atoms with E-state index in [0.717, 1.165) is 19.6 Å². The quantitative estimate of drug-likeness (QED) is 0.524. The van der Waals surface area contributed by atoms with E-state index in [1.165, 1.54) is 6.42 Å². The molecule has 1 N–H and O–H groups in total. The van der Waals surface area contributed by atoms with Gasteiger partial charge in [0.25, 0.3) is 0 Å². The van der Waals surface area contributed by atoms with Crippen molar-refractivity contribution >= 4 is 0 Å². The second kappa shape index (κ2) is 11.6. The number of nitrogens with one attached hydrogen (secondary N) is 1. The van der Waals surface area contributed by atoms with Gasteiger partial charge < -0.3 is 19.5 Å². The first-order valence-corrected chi connectivity index (χ1v) is 7.42. The van der Waals surface area contributed by atoms with Gasteiger partial charge in [0.05, 0.1) is 26.4 Å². The molecule has 0 rings (SSSR count). The lowest BCUT2D eigenvalue weighted by molar-refractivity contribution is 0.0171. The lowest BCUT2D eigenvalue weighted by Gasteiger charge is -2.29. The molecule has 1 atom stereocenters. The van der Waals surface area contributed by atoms with E-state index in [2.05, 4.69) is 33.0 Å². The molecule has 19 heavy (non-hydrogen) atoms. The van der Waals surface area contributed by atoms with Crippen molar-refractivity contribution in [1.29, 1.82) is 0 Å². The molecule has 0 amide bonds. The van der Waals surface area contributed by atoms with Crippen LogP contribution in [0.4, 0.5) is 0 Å². The molecule has 0 saturated carbocycles. The van der Waals surface area contributed by atoms with E-state index in [0.29, 0.717) is 37.9 Å². The maximum Gasteiger partial charge on any atom is 0.0701 e. The van der Waals surface area contributed by atoms with Gasteiger partial charge in [0.2, 0.25) is 0 Å². The van der Waals surface area contributed by atoms with E-state index in [4.69, 9.17) is 14.2 Å². The van der Waals surface area contributed by atoms with Crippen molar-refractivity contribution < 1.29 is 14.2 Å². The Balaban J connectivity index is 3.54. The molecule has 0 aromatic carbocycles. The highest BCUT2D eigenvalue weighted by atomic mass is 16.5. The van der Waals surface area contributed by atoms with Crippen molar-refractivity contribution in [2.24, 2.45) is 5.41 Å². The van der Waals surface area contributed by atoms with Gasteiger partial charge in [0.1, 0.15) is 0 Å². The zero-order chi connectivity index (χ0) is 14.6. The summed E-state index contributed by atoms with van der Waals surface area (Å²) in [5, 5.41) is 3.52. The summed E-state index contributed by atoms with van der Waals surface area (Å²) in [5.41, 5.74) is 0.321. The fourth-order valence-electron chi connectivity index (χ4n) is 1.62. The van der Waals surface area contributed by atoms with Crippen molar-refractivity contribution in [1.82, 2.24) is 5.32 Å². The van der Waals surface area contributed by atoms with Crippen LogP contribution in [-0.2, 0) is 14.2 Å². The Bertz CT molecular complexity index is 200. The first kappa shape index (κ1) is 18.8. The van der Waals surface area contributed by atoms with E-state index in [9.17, 15) is 0 Å². The third-order valence-corrected chi connectivity index (χ3v) is 3.44. The van der Waals surface area contributed by atoms with Crippen LogP contribution in [-0.4, -0.2) is 52.7 Å². The highest BCUT2D eigenvalue weighted by Gasteiger charge is 2.21. The number of rotatable bonds is 13. The number of methoxy groups -OCH3 is 1. The SMILES string of the molecule is CCC(C)(CCOCCOCCOC)CNC(C)C. The average Bonchev–Trinajstić information content (AvgIpc) is 2.39. The second-order valence-corrected chi connectivity index (χ2v) is 5.67. The minimum absolute atomic E-state index is 0.321. The van der Waals surface area contributed by atoms with Gasteiger partial charge in [-0.05, 0) is 18.3 Å². The maximum atomic E-state index is 5.62. The van der Waals surface area contributed by atoms with Crippen LogP contribution in [0.1, 0.15) is 40.5 Å². The minimum atomic E-state index is 0.321. The first-order chi connectivity index (χ1) is 9.04. The molecule has 0 fully saturated rings. The Morgan fingerprint density at radius 1 is 1.00 bits per heavy atom. The van der Waals surface area contributed by atoms with Crippen LogP contribution in [0.5, 0.6) is 0 Å². The Kier molecular flexibility index (Phi) is 11.6. The predicted octanol–water partition coefficient (Wildman–Crippen LogP) is 2.47. The zero-order valence-electron chi connectivity index (χ0n) is 13.5. The molecule has 0 radical (unpaired) electrons. The Labute approximate surface area is 119 Å². The van der Waals surface area contributed by atoms with E-state index >= 15 is 0 Å². The lowest BCUT2D eigenvalue weighted by atomic mass is 9.84. The van der Waals surface area contributed by atoms with Crippen LogP contribution < -0.4 is 5.32 Å². The highest BCUT2D eigenvalue weighted by molar-refractivity contribution is 4.76. The molecule has 0 aliphatic heterocycles. The molecule has 0 heterocycles. The summed E-state index contributed by atoms with van der Waals surface area (Å²) in [6.45, 7) is 13.4. The van der Waals surface area contributed by atoms with Crippen molar-refractivity contribution in [2.45, 2.75) is 46.6 Å². The fourth-order valence-corrected chi connectivity index (χ4v) is 1.62. The van der Waals surface area contributed by atoms with Crippen molar-refractivity contribution in [3.8, 4) is 0 Å². The third kappa shape index (κ3) is 11.4. The van der Waals surface area contributed by atoms with E-state index < -0.39 is 0 Å². The van der Waals surface area contributed by atoms with Crippen LogP contribution in [0.2, 0.25) is 0 Å². The van der Waals surface area contributed by atoms with Crippen molar-refractivity contribution in [3.63, 3.8) is 0 Å². The molecule has 4 nitrogen and oxygen atoms in total. The predicted molar refractivity (Wildman–Crippen MR) is 79.7 cm³/mol. The van der Waals surface area contributed by atoms with Crippen molar-refractivity contribution in [3.05, 3.63) is 0 Å². The van der Waals surface area contributed by atoms with E-state index in [1.54, 1.807) is 7.11 Å². The Hall–Kier alpha value is -0.160. The Morgan fingerprint density at radius 2 is 1.58 bits per heavy atom. The standard InChI is InChI=1S/C15H33NO3/c1-6-15(4,13-16-14(2)3)7-8-18-11-12-19-10-9-17-5/h14,16H,6-13H2,1-5H3. The van der Waals surface area contributed by atoms with Gasteiger partial charge in [0.15, 0.2) is 0 Å². The molecular formula is C15H33NO3. The molecule has 0 aromatic rings. The average molecular weight is 275 g/mol. The molecule has 4 heteroatoms. The topological polar surface area (TPSA) is 39.7 Å². The smallest absolute Gasteiger partial charge is 0.0701 e. The molecule has 116 valence electrons. The largest absolute Gasteiger partial charge is 0.382 e. The molecule has 1 unspecified atom stereocenters. The van der Waals surface area contributed by atoms with Gasteiger partial charge in [-0.2, -0.15) is 0 Å². The first-order valence-electron chi connectivity index (χ1n) is 7.42. The van der Waals surface area contributed by atoms with E-state index in [-0.39, 0.29) is 0 Å². The molecule has 0 aromatic heterocycles. The van der Waals surface area contributed by atoms with Crippen LogP contribution in [0.15, 0.2) is 0 Å². The summed E-state index contributed by atoms with van der Waals surface area (Å²) in [6.07, 6.45) is 2.25. The minimum Gasteiger partial charge on any atom is -0.382 e. The summed E-state index contributed by atoms with van der Waals surface area (Å²) in [7, 11) is 1.68. The highest BCUT2D eigenvalue weighted by Crippen LogP contribution is 2.24. The molecule has 0 aliphatic carbocycles. The second-order valence-electron chi connectivity index (χ2n) is 5.67. The fraction of sp³-hybridized carbons (Fsp3) is 1.00. The van der Waals surface area contributed by atoms with Gasteiger partial charge in [-0.1, -0.05) is 27.7 Å². The molecule has 0 saturated heterocycles. The van der Waals surface area contributed by atoms with Gasteiger partial charge in [0, 0.05) is 26.3 Å². The van der Waals surface area contributed by atoms with Crippen LogP contribution in [0.25, 0.3) is 0 Å². The lowest BCUT2D eigenvalue weighted by Crippen LogP contribution is -2.36. The van der Waals surface area contributed by atoms with Crippen LogP contribution in [0.3, 0.4) is 0 Å². The summed E-state index contributed by atoms with van der Waals surface area (Å²) >= 11 is 0. The number of hydrogen-bond donors (Lipinski definition) is 1. The van der Waals surface area contributed by atoms with Gasteiger partial charge >= 0.3 is 0 Å². The summed E-state index contributed by atoms with van der Waals surface area (Å²) in [4.78, 5) is 0. The van der Waals surface area contributed by atoms with Gasteiger partial charge in [-0.25, -0.2) is 0 Å². The summed E-state index contributed by atoms with van der Waals surface area (Å²) < 4.78 is 15.9. The Morgan fingerprint density at radius 3 is 2.11 bits per heavy atom. The van der Waals surface area contributed by atoms with E-state index in [1.807, 2.05) is 0 Å².